The lowest BCUT2D eigenvalue weighted by Gasteiger charge is -2.40. The third kappa shape index (κ3) is 3.64. The number of hydrogen-bond acceptors (Lipinski definition) is 10. The van der Waals surface area contributed by atoms with E-state index in [4.69, 9.17) is 14.2 Å². The number of carbonyl (C=O) groups excluding carboxylic acids is 2. The number of aliphatic hydroxyl groups excluding tert-OH is 4. The van der Waals surface area contributed by atoms with Crippen LogP contribution in [0.25, 0.3) is 0 Å². The van der Waals surface area contributed by atoms with Crippen molar-refractivity contribution in [3.8, 4) is 17.2 Å². The first-order valence-electron chi connectivity index (χ1n) is 10.8. The van der Waals surface area contributed by atoms with Crippen LogP contribution in [0.1, 0.15) is 49.9 Å². The molecule has 4 rings (SSSR count). The van der Waals surface area contributed by atoms with E-state index >= 15 is 0 Å². The van der Waals surface area contributed by atoms with Crippen LogP contribution in [-0.2, 0) is 11.2 Å². The Labute approximate surface area is 194 Å². The lowest BCUT2D eigenvalue weighted by molar-refractivity contribution is -0.277. The van der Waals surface area contributed by atoms with Crippen LogP contribution in [0, 0.1) is 6.92 Å². The van der Waals surface area contributed by atoms with Gasteiger partial charge in [-0.2, -0.15) is 0 Å². The highest BCUT2D eigenvalue weighted by Crippen LogP contribution is 2.43. The number of aromatic hydroxyl groups is 1. The zero-order chi connectivity index (χ0) is 24.9. The molecule has 34 heavy (non-hydrogen) atoms. The van der Waals surface area contributed by atoms with Crippen molar-refractivity contribution < 1.29 is 49.3 Å². The third-order valence-corrected chi connectivity index (χ3v) is 6.21. The Bertz CT molecular complexity index is 1160. The van der Waals surface area contributed by atoms with Gasteiger partial charge < -0.3 is 39.7 Å². The van der Waals surface area contributed by atoms with Crippen LogP contribution in [0.4, 0.5) is 0 Å². The SMILES string of the molecule is CCc1c(OC)cc(O[C@@H]2O[C@H](CO)[C@@H](O)[C@H](O)[C@H]2O)c2c1C(=O)c1cc(C)cc(O)c1C2=O. The topological polar surface area (TPSA) is 163 Å². The number of rotatable bonds is 5. The molecule has 1 saturated heterocycles. The van der Waals surface area contributed by atoms with Crippen LogP contribution in [0.15, 0.2) is 18.2 Å². The Balaban J connectivity index is 1.89. The van der Waals surface area contributed by atoms with Gasteiger partial charge in [-0.3, -0.25) is 9.59 Å². The fraction of sp³-hybridized carbons (Fsp3) is 0.417. The van der Waals surface area contributed by atoms with E-state index in [-0.39, 0.29) is 39.5 Å². The molecule has 10 heteroatoms. The first-order chi connectivity index (χ1) is 16.1. The summed E-state index contributed by atoms with van der Waals surface area (Å²) >= 11 is 0. The summed E-state index contributed by atoms with van der Waals surface area (Å²) in [5, 5.41) is 50.5. The molecule has 182 valence electrons. The number of aliphatic hydroxyl groups is 4. The third-order valence-electron chi connectivity index (χ3n) is 6.21. The molecule has 5 N–H and O–H groups in total. The first-order valence-corrected chi connectivity index (χ1v) is 10.8. The lowest BCUT2D eigenvalue weighted by Crippen LogP contribution is -2.60. The molecule has 2 aliphatic rings. The predicted octanol–water partition coefficient (Wildman–Crippen LogP) is 0.226. The van der Waals surface area contributed by atoms with Gasteiger partial charge in [0.05, 0.1) is 24.8 Å². The summed E-state index contributed by atoms with van der Waals surface area (Å²) in [6.45, 7) is 2.81. The molecule has 1 heterocycles. The second kappa shape index (κ2) is 8.97. The van der Waals surface area contributed by atoms with Gasteiger partial charge in [-0.25, -0.2) is 0 Å². The standard InChI is InChI=1S/C24H26O10/c1-4-10-13(32-3)7-14(33-24-23(31)22(30)20(28)15(8-25)34-24)18-17(10)19(27)11-5-9(2)6-12(26)16(11)21(18)29/h5-7,15,20,22-26,28,30-31H,4,8H2,1-3H3/t15-,20-,22+,23-,24-/m1/s1. The normalized spacial score (nSPS) is 26.1. The van der Waals surface area contributed by atoms with Crippen molar-refractivity contribution in [2.45, 2.75) is 51.0 Å². The maximum Gasteiger partial charge on any atom is 0.229 e. The van der Waals surface area contributed by atoms with Gasteiger partial charge in [0, 0.05) is 22.8 Å². The van der Waals surface area contributed by atoms with E-state index in [1.807, 2.05) is 0 Å². The lowest BCUT2D eigenvalue weighted by atomic mass is 9.79. The average Bonchev–Trinajstić information content (AvgIpc) is 2.81. The van der Waals surface area contributed by atoms with Crippen LogP contribution < -0.4 is 9.47 Å². The fourth-order valence-electron chi connectivity index (χ4n) is 4.51. The summed E-state index contributed by atoms with van der Waals surface area (Å²) in [6.07, 6.45) is -7.51. The van der Waals surface area contributed by atoms with E-state index in [1.54, 1.807) is 13.8 Å². The molecule has 0 aromatic heterocycles. The molecule has 1 aliphatic heterocycles. The molecule has 10 nitrogen and oxygen atoms in total. The van der Waals surface area contributed by atoms with Crippen molar-refractivity contribution in [1.29, 1.82) is 0 Å². The maximum atomic E-state index is 13.6. The Morgan fingerprint density at radius 2 is 1.65 bits per heavy atom. The largest absolute Gasteiger partial charge is 0.507 e. The molecule has 0 radical (unpaired) electrons. The number of ketones is 2. The van der Waals surface area contributed by atoms with Gasteiger partial charge in [-0.1, -0.05) is 6.92 Å². The summed E-state index contributed by atoms with van der Waals surface area (Å²) < 4.78 is 16.6. The first kappa shape index (κ1) is 24.1. The van der Waals surface area contributed by atoms with Crippen LogP contribution in [0.2, 0.25) is 0 Å². The number of hydrogen-bond donors (Lipinski definition) is 5. The quantitative estimate of drug-likeness (QED) is 0.346. The van der Waals surface area contributed by atoms with Gasteiger partial charge in [0.25, 0.3) is 0 Å². The van der Waals surface area contributed by atoms with E-state index in [2.05, 4.69) is 0 Å². The van der Waals surface area contributed by atoms with E-state index < -0.39 is 48.9 Å². The number of phenols is 1. The molecule has 0 spiro atoms. The number of phenolic OH excluding ortho intramolecular Hbond substituents is 1. The van der Waals surface area contributed by atoms with Gasteiger partial charge in [-0.05, 0) is 31.0 Å². The Morgan fingerprint density at radius 1 is 0.941 bits per heavy atom. The molecular formula is C24H26O10. The van der Waals surface area contributed by atoms with Crippen LogP contribution >= 0.6 is 0 Å². The van der Waals surface area contributed by atoms with Crippen molar-refractivity contribution in [3.05, 3.63) is 51.6 Å². The van der Waals surface area contributed by atoms with Gasteiger partial charge in [0.1, 0.15) is 41.7 Å². The molecule has 0 amide bonds. The number of benzene rings is 2. The minimum atomic E-state index is -1.73. The zero-order valence-corrected chi connectivity index (χ0v) is 18.8. The summed E-state index contributed by atoms with van der Waals surface area (Å²) in [4.78, 5) is 27.1. The predicted molar refractivity (Wildman–Crippen MR) is 116 cm³/mol. The number of aryl methyl sites for hydroxylation is 1. The van der Waals surface area contributed by atoms with Crippen molar-refractivity contribution >= 4 is 11.6 Å². The van der Waals surface area contributed by atoms with Crippen molar-refractivity contribution in [3.63, 3.8) is 0 Å². The fourth-order valence-corrected chi connectivity index (χ4v) is 4.51. The second-order valence-electron chi connectivity index (χ2n) is 8.34. The van der Waals surface area contributed by atoms with Gasteiger partial charge in [-0.15, -0.1) is 0 Å². The molecule has 0 unspecified atom stereocenters. The highest BCUT2D eigenvalue weighted by atomic mass is 16.7. The Kier molecular flexibility index (Phi) is 6.36. The average molecular weight is 474 g/mol. The molecular weight excluding hydrogens is 448 g/mol. The molecule has 2 aromatic carbocycles. The molecule has 0 saturated carbocycles. The summed E-state index contributed by atoms with van der Waals surface area (Å²) in [7, 11) is 1.39. The second-order valence-corrected chi connectivity index (χ2v) is 8.34. The maximum absolute atomic E-state index is 13.6. The summed E-state index contributed by atoms with van der Waals surface area (Å²) in [6, 6.07) is 4.26. The summed E-state index contributed by atoms with van der Waals surface area (Å²) in [5.74, 6) is -1.46. The molecule has 2 aromatic rings. The van der Waals surface area contributed by atoms with Crippen LogP contribution in [0.5, 0.6) is 17.2 Å². The van der Waals surface area contributed by atoms with E-state index in [0.717, 1.165) is 0 Å². The van der Waals surface area contributed by atoms with Crippen molar-refractivity contribution in [1.82, 2.24) is 0 Å². The minimum Gasteiger partial charge on any atom is -0.507 e. The van der Waals surface area contributed by atoms with E-state index in [0.29, 0.717) is 17.5 Å². The monoisotopic (exact) mass is 474 g/mol. The smallest absolute Gasteiger partial charge is 0.229 e. The number of ether oxygens (including phenoxy) is 3. The zero-order valence-electron chi connectivity index (χ0n) is 18.8. The van der Waals surface area contributed by atoms with Crippen LogP contribution in [-0.4, -0.2) is 81.5 Å². The van der Waals surface area contributed by atoms with Gasteiger partial charge in [0.15, 0.2) is 5.78 Å². The highest BCUT2D eigenvalue weighted by molar-refractivity contribution is 6.31. The van der Waals surface area contributed by atoms with Crippen molar-refractivity contribution in [2.75, 3.05) is 13.7 Å². The Hall–Kier alpha value is -3.02. The minimum absolute atomic E-state index is 0.0453. The van der Waals surface area contributed by atoms with Gasteiger partial charge >= 0.3 is 0 Å². The van der Waals surface area contributed by atoms with Crippen molar-refractivity contribution in [2.24, 2.45) is 0 Å². The van der Waals surface area contributed by atoms with E-state index in [1.165, 1.54) is 25.3 Å². The molecule has 1 fully saturated rings. The number of methoxy groups -OCH3 is 1. The van der Waals surface area contributed by atoms with Gasteiger partial charge in [0.2, 0.25) is 12.1 Å². The summed E-state index contributed by atoms with van der Waals surface area (Å²) in [5.41, 5.74) is 0.837. The number of fused-ring (bicyclic) bond motifs is 2. The molecule has 5 atom stereocenters. The molecule has 0 bridgehead atoms. The van der Waals surface area contributed by atoms with E-state index in [9.17, 15) is 35.1 Å². The van der Waals surface area contributed by atoms with Crippen LogP contribution in [0.3, 0.4) is 0 Å². The molecule has 1 aliphatic carbocycles. The highest BCUT2D eigenvalue weighted by Gasteiger charge is 2.46. The Morgan fingerprint density at radius 3 is 2.26 bits per heavy atom. The number of carbonyl (C=O) groups is 2.